The number of hydrogen-bond donors (Lipinski definition) is 1. The third kappa shape index (κ3) is 5.92. The highest BCUT2D eigenvalue weighted by Crippen LogP contribution is 2.39. The maximum absolute atomic E-state index is 12.8. The number of anilines is 1. The summed E-state index contributed by atoms with van der Waals surface area (Å²) in [6, 6.07) is 22.9. The molecule has 38 heavy (non-hydrogen) atoms. The molecule has 194 valence electrons. The summed E-state index contributed by atoms with van der Waals surface area (Å²) in [5.41, 5.74) is 4.73. The van der Waals surface area contributed by atoms with Crippen LogP contribution in [0.1, 0.15) is 42.5 Å². The molecule has 0 bridgehead atoms. The largest absolute Gasteiger partial charge is 0.494 e. The molecule has 7 nitrogen and oxygen atoms in total. The van der Waals surface area contributed by atoms with Gasteiger partial charge in [0.15, 0.2) is 5.17 Å². The maximum atomic E-state index is 12.8. The van der Waals surface area contributed by atoms with E-state index in [9.17, 15) is 9.59 Å². The number of amides is 2. The molecular formula is C29H27ClN4O3S. The van der Waals surface area contributed by atoms with E-state index < -0.39 is 5.25 Å². The molecule has 0 unspecified atom stereocenters. The quantitative estimate of drug-likeness (QED) is 0.380. The van der Waals surface area contributed by atoms with Crippen LogP contribution in [0.3, 0.4) is 0 Å². The predicted octanol–water partition coefficient (Wildman–Crippen LogP) is 6.23. The van der Waals surface area contributed by atoms with E-state index in [4.69, 9.17) is 21.4 Å². The SMILES string of the molecule is CCOc1ccc(NC(=O)C[C@@H]2SC(N3N=C(c4ccc(Cl)cc4)C[C@@H]3c3cccc(C)c3)=NC2=O)cc1. The number of rotatable bonds is 7. The minimum absolute atomic E-state index is 0.0143. The first-order chi connectivity index (χ1) is 18.4. The molecular weight excluding hydrogens is 520 g/mol. The molecule has 2 heterocycles. The fourth-order valence-corrected chi connectivity index (χ4v) is 5.61. The third-order valence-corrected chi connectivity index (χ3v) is 7.65. The number of ether oxygens (including phenoxy) is 1. The number of aryl methyl sites for hydroxylation is 1. The number of carbonyl (C=O) groups is 2. The monoisotopic (exact) mass is 546 g/mol. The first-order valence-corrected chi connectivity index (χ1v) is 13.7. The lowest BCUT2D eigenvalue weighted by molar-refractivity contribution is -0.121. The highest BCUT2D eigenvalue weighted by Gasteiger charge is 2.39. The maximum Gasteiger partial charge on any atom is 0.262 e. The molecule has 9 heteroatoms. The van der Waals surface area contributed by atoms with E-state index >= 15 is 0 Å². The molecule has 5 rings (SSSR count). The van der Waals surface area contributed by atoms with Crippen LogP contribution in [-0.4, -0.2) is 39.6 Å². The Morgan fingerprint density at radius 1 is 1.13 bits per heavy atom. The smallest absolute Gasteiger partial charge is 0.262 e. The Hall–Kier alpha value is -3.62. The number of benzene rings is 3. The fraction of sp³-hybridized carbons (Fsp3) is 0.241. The van der Waals surface area contributed by atoms with Crippen molar-refractivity contribution in [3.8, 4) is 5.75 Å². The van der Waals surface area contributed by atoms with Gasteiger partial charge in [-0.25, -0.2) is 5.01 Å². The summed E-state index contributed by atoms with van der Waals surface area (Å²) >= 11 is 7.37. The second-order valence-electron chi connectivity index (χ2n) is 9.08. The average Bonchev–Trinajstić information content (AvgIpc) is 3.50. The topological polar surface area (TPSA) is 83.4 Å². The Kier molecular flexibility index (Phi) is 7.81. The van der Waals surface area contributed by atoms with E-state index in [0.717, 1.165) is 28.2 Å². The van der Waals surface area contributed by atoms with Crippen LogP contribution >= 0.6 is 23.4 Å². The normalized spacial score (nSPS) is 18.8. The van der Waals surface area contributed by atoms with Crippen molar-refractivity contribution in [1.82, 2.24) is 5.01 Å². The molecule has 2 aliphatic rings. The molecule has 1 N–H and O–H groups in total. The molecule has 3 aromatic rings. The molecule has 0 saturated heterocycles. The number of nitrogens with one attached hydrogen (secondary N) is 1. The lowest BCUT2D eigenvalue weighted by Crippen LogP contribution is -2.25. The van der Waals surface area contributed by atoms with E-state index in [1.54, 1.807) is 24.3 Å². The van der Waals surface area contributed by atoms with Crippen molar-refractivity contribution < 1.29 is 14.3 Å². The summed E-state index contributed by atoms with van der Waals surface area (Å²) in [5.74, 6) is 0.154. The molecule has 0 radical (unpaired) electrons. The van der Waals surface area contributed by atoms with Crippen LogP contribution in [-0.2, 0) is 9.59 Å². The predicted molar refractivity (Wildman–Crippen MR) is 153 cm³/mol. The number of aliphatic imine (C=N–C) groups is 1. The molecule has 2 amide bonds. The summed E-state index contributed by atoms with van der Waals surface area (Å²) < 4.78 is 5.44. The Morgan fingerprint density at radius 3 is 2.61 bits per heavy atom. The van der Waals surface area contributed by atoms with Crippen molar-refractivity contribution in [2.24, 2.45) is 10.1 Å². The van der Waals surface area contributed by atoms with Crippen LogP contribution < -0.4 is 10.1 Å². The molecule has 0 saturated carbocycles. The highest BCUT2D eigenvalue weighted by molar-refractivity contribution is 8.15. The minimum Gasteiger partial charge on any atom is -0.494 e. The summed E-state index contributed by atoms with van der Waals surface area (Å²) in [5, 5.41) is 10.1. The van der Waals surface area contributed by atoms with Crippen molar-refractivity contribution in [2.75, 3.05) is 11.9 Å². The van der Waals surface area contributed by atoms with Gasteiger partial charge in [-0.3, -0.25) is 9.59 Å². The first kappa shape index (κ1) is 26.0. The number of halogens is 1. The molecule has 3 aromatic carbocycles. The van der Waals surface area contributed by atoms with Crippen LogP contribution in [0.5, 0.6) is 5.75 Å². The van der Waals surface area contributed by atoms with Crippen LogP contribution in [0, 0.1) is 6.92 Å². The van der Waals surface area contributed by atoms with Crippen molar-refractivity contribution in [3.63, 3.8) is 0 Å². The van der Waals surface area contributed by atoms with Gasteiger partial charge in [-0.1, -0.05) is 65.3 Å². The zero-order valence-corrected chi connectivity index (χ0v) is 22.6. The minimum atomic E-state index is -0.611. The summed E-state index contributed by atoms with van der Waals surface area (Å²) in [6.07, 6.45) is 0.669. The van der Waals surface area contributed by atoms with Crippen LogP contribution in [0.25, 0.3) is 0 Å². The number of hydrogen-bond acceptors (Lipinski definition) is 6. The molecule has 2 aliphatic heterocycles. The number of hydrazone groups is 1. The van der Waals surface area contributed by atoms with Gasteiger partial charge in [-0.15, -0.1) is 0 Å². The summed E-state index contributed by atoms with van der Waals surface area (Å²) in [7, 11) is 0. The highest BCUT2D eigenvalue weighted by atomic mass is 35.5. The second kappa shape index (κ2) is 11.4. The number of nitrogens with zero attached hydrogens (tertiary/aromatic N) is 3. The van der Waals surface area contributed by atoms with Gasteiger partial charge in [-0.2, -0.15) is 10.1 Å². The molecule has 0 aliphatic carbocycles. The van der Waals surface area contributed by atoms with Gasteiger partial charge >= 0.3 is 0 Å². The zero-order chi connectivity index (χ0) is 26.6. The first-order valence-electron chi connectivity index (χ1n) is 12.4. The van der Waals surface area contributed by atoms with Gasteiger partial charge in [-0.05, 0) is 61.4 Å². The Morgan fingerprint density at radius 2 is 1.89 bits per heavy atom. The number of carbonyl (C=O) groups excluding carboxylic acids is 2. The molecule has 0 aromatic heterocycles. The molecule has 2 atom stereocenters. The van der Waals surface area contributed by atoms with E-state index in [-0.39, 0.29) is 24.3 Å². The summed E-state index contributed by atoms with van der Waals surface area (Å²) in [6.45, 7) is 4.54. The summed E-state index contributed by atoms with van der Waals surface area (Å²) in [4.78, 5) is 29.9. The van der Waals surface area contributed by atoms with E-state index in [2.05, 4.69) is 22.4 Å². The van der Waals surface area contributed by atoms with Crippen molar-refractivity contribution in [1.29, 1.82) is 0 Å². The van der Waals surface area contributed by atoms with Gasteiger partial charge in [0.2, 0.25) is 5.91 Å². The number of thioether (sulfide) groups is 1. The van der Waals surface area contributed by atoms with Gasteiger partial charge in [0.25, 0.3) is 5.91 Å². The van der Waals surface area contributed by atoms with E-state index in [1.807, 2.05) is 55.3 Å². The van der Waals surface area contributed by atoms with Gasteiger partial charge in [0.05, 0.1) is 18.4 Å². The third-order valence-electron chi connectivity index (χ3n) is 6.26. The fourth-order valence-electron chi connectivity index (χ4n) is 4.43. The Balaban J connectivity index is 1.31. The zero-order valence-electron chi connectivity index (χ0n) is 21.1. The molecule has 0 spiro atoms. The van der Waals surface area contributed by atoms with Crippen molar-refractivity contribution >= 4 is 51.7 Å². The van der Waals surface area contributed by atoms with Crippen molar-refractivity contribution in [3.05, 3.63) is 94.5 Å². The van der Waals surface area contributed by atoms with E-state index in [0.29, 0.717) is 28.9 Å². The van der Waals surface area contributed by atoms with E-state index in [1.165, 1.54) is 11.8 Å². The van der Waals surface area contributed by atoms with Gasteiger partial charge in [0.1, 0.15) is 11.0 Å². The van der Waals surface area contributed by atoms with Gasteiger partial charge < -0.3 is 10.1 Å². The van der Waals surface area contributed by atoms with Crippen LogP contribution in [0.15, 0.2) is 82.9 Å². The Labute approximate surface area is 230 Å². The van der Waals surface area contributed by atoms with Crippen LogP contribution in [0.2, 0.25) is 5.02 Å². The standard InChI is InChI=1S/C29H27ClN4O3S/c1-3-37-23-13-11-22(12-14-23)31-27(35)17-26-28(36)32-29(38-26)34-25(20-6-4-5-18(2)15-20)16-24(33-34)19-7-9-21(30)10-8-19/h4-15,25-26H,3,16-17H2,1-2H3,(H,31,35)/t25-,26+/m1/s1. The van der Waals surface area contributed by atoms with Crippen LogP contribution in [0.4, 0.5) is 5.69 Å². The lowest BCUT2D eigenvalue weighted by Gasteiger charge is -2.23. The average molecular weight is 547 g/mol. The number of amidine groups is 1. The molecule has 0 fully saturated rings. The van der Waals surface area contributed by atoms with Crippen molar-refractivity contribution in [2.45, 2.75) is 38.0 Å². The Bertz CT molecular complexity index is 1410. The second-order valence-corrected chi connectivity index (χ2v) is 10.7. The lowest BCUT2D eigenvalue weighted by atomic mass is 9.97. The van der Waals surface area contributed by atoms with Gasteiger partial charge in [0, 0.05) is 23.6 Å².